The minimum absolute atomic E-state index is 0.0635. The highest BCUT2D eigenvalue weighted by Gasteiger charge is 2.30. The highest BCUT2D eigenvalue weighted by atomic mass is 19.4. The molecule has 5 nitrogen and oxygen atoms in total. The Morgan fingerprint density at radius 1 is 1.04 bits per heavy atom. The van der Waals surface area contributed by atoms with Crippen molar-refractivity contribution in [3.63, 3.8) is 0 Å². The molecule has 0 bridgehead atoms. The number of carbonyl (C=O) groups excluding carboxylic acids is 1. The molecule has 2 N–H and O–H groups in total. The van der Waals surface area contributed by atoms with Crippen LogP contribution in [0.1, 0.15) is 21.5 Å². The largest absolute Gasteiger partial charge is 0.416 e. The van der Waals surface area contributed by atoms with Gasteiger partial charge in [0.15, 0.2) is 0 Å². The van der Waals surface area contributed by atoms with Gasteiger partial charge in [0.1, 0.15) is 5.82 Å². The number of rotatable bonds is 5. The van der Waals surface area contributed by atoms with Gasteiger partial charge in [-0.2, -0.15) is 13.2 Å². The van der Waals surface area contributed by atoms with E-state index in [1.165, 1.54) is 18.3 Å². The van der Waals surface area contributed by atoms with Crippen molar-refractivity contribution in [1.29, 1.82) is 0 Å². The summed E-state index contributed by atoms with van der Waals surface area (Å²) in [5.74, 6) is 0.0232. The molecule has 0 aliphatic heterocycles. The zero-order chi connectivity index (χ0) is 19.3. The van der Waals surface area contributed by atoms with Crippen LogP contribution in [0, 0.1) is 0 Å². The number of nitrogens with one attached hydrogen (secondary N) is 2. The highest BCUT2D eigenvalue weighted by molar-refractivity contribution is 6.04. The summed E-state index contributed by atoms with van der Waals surface area (Å²) in [6.45, 7) is 0.524. The summed E-state index contributed by atoms with van der Waals surface area (Å²) in [4.78, 5) is 20.4. The Hall–Kier alpha value is -3.42. The normalized spacial score (nSPS) is 11.1. The van der Waals surface area contributed by atoms with Crippen molar-refractivity contribution in [1.82, 2.24) is 9.97 Å². The zero-order valence-corrected chi connectivity index (χ0v) is 14.0. The molecule has 0 fully saturated rings. The SMILES string of the molecule is O=C(Nc1cccc(C(F)(F)F)c1)c1ccc(NCc2cccnc2)nc1. The Labute approximate surface area is 153 Å². The lowest BCUT2D eigenvalue weighted by molar-refractivity contribution is -0.137. The second-order valence-electron chi connectivity index (χ2n) is 5.68. The quantitative estimate of drug-likeness (QED) is 0.698. The number of nitrogens with zero attached hydrogens (tertiary/aromatic N) is 2. The first-order valence-corrected chi connectivity index (χ1v) is 7.99. The van der Waals surface area contributed by atoms with Gasteiger partial charge < -0.3 is 10.6 Å². The maximum absolute atomic E-state index is 12.7. The lowest BCUT2D eigenvalue weighted by Crippen LogP contribution is -2.13. The van der Waals surface area contributed by atoms with Crippen LogP contribution < -0.4 is 10.6 Å². The van der Waals surface area contributed by atoms with E-state index in [1.54, 1.807) is 24.5 Å². The second kappa shape index (κ2) is 7.86. The first-order chi connectivity index (χ1) is 12.9. The van der Waals surface area contributed by atoms with Crippen LogP contribution in [-0.2, 0) is 12.7 Å². The van der Waals surface area contributed by atoms with E-state index in [4.69, 9.17) is 0 Å². The number of hydrogen-bond donors (Lipinski definition) is 2. The van der Waals surface area contributed by atoms with Gasteiger partial charge in [-0.3, -0.25) is 9.78 Å². The first-order valence-electron chi connectivity index (χ1n) is 7.99. The van der Waals surface area contributed by atoms with Crippen LogP contribution in [0.2, 0.25) is 0 Å². The van der Waals surface area contributed by atoms with E-state index in [1.807, 2.05) is 12.1 Å². The molecule has 138 valence electrons. The van der Waals surface area contributed by atoms with Gasteiger partial charge in [0.25, 0.3) is 5.91 Å². The zero-order valence-electron chi connectivity index (χ0n) is 14.0. The fraction of sp³-hybridized carbons (Fsp3) is 0.105. The molecule has 0 aliphatic carbocycles. The van der Waals surface area contributed by atoms with Crippen LogP contribution >= 0.6 is 0 Å². The summed E-state index contributed by atoms with van der Waals surface area (Å²) in [6, 6.07) is 11.4. The second-order valence-corrected chi connectivity index (χ2v) is 5.68. The molecule has 1 amide bonds. The Morgan fingerprint density at radius 2 is 1.89 bits per heavy atom. The van der Waals surface area contributed by atoms with Crippen LogP contribution in [0.25, 0.3) is 0 Å². The van der Waals surface area contributed by atoms with Crippen LogP contribution in [0.15, 0.2) is 67.1 Å². The van der Waals surface area contributed by atoms with Gasteiger partial charge >= 0.3 is 6.18 Å². The standard InChI is InChI=1S/C19H15F3N4O/c20-19(21,22)15-4-1-5-16(9-15)26-18(27)14-6-7-17(25-12-14)24-11-13-3-2-8-23-10-13/h1-10,12H,11H2,(H,24,25)(H,26,27). The summed E-state index contributed by atoms with van der Waals surface area (Å²) in [5.41, 5.74) is 0.451. The lowest BCUT2D eigenvalue weighted by Gasteiger charge is -2.10. The number of anilines is 2. The van der Waals surface area contributed by atoms with Crippen LogP contribution in [0.5, 0.6) is 0 Å². The monoisotopic (exact) mass is 372 g/mol. The maximum atomic E-state index is 12.7. The minimum Gasteiger partial charge on any atom is -0.366 e. The summed E-state index contributed by atoms with van der Waals surface area (Å²) in [6.07, 6.45) is 0.293. The summed E-state index contributed by atoms with van der Waals surface area (Å²) in [5, 5.41) is 5.53. The molecule has 3 rings (SSSR count). The van der Waals surface area contributed by atoms with Gasteiger partial charge in [-0.05, 0) is 42.0 Å². The van der Waals surface area contributed by atoms with Gasteiger partial charge in [-0.1, -0.05) is 12.1 Å². The first kappa shape index (κ1) is 18.4. The van der Waals surface area contributed by atoms with Crippen molar-refractivity contribution in [2.24, 2.45) is 0 Å². The number of hydrogen-bond acceptors (Lipinski definition) is 4. The van der Waals surface area contributed by atoms with E-state index in [2.05, 4.69) is 20.6 Å². The molecule has 0 radical (unpaired) electrons. The van der Waals surface area contributed by atoms with Gasteiger partial charge in [-0.15, -0.1) is 0 Å². The van der Waals surface area contributed by atoms with Gasteiger partial charge in [0, 0.05) is 30.8 Å². The minimum atomic E-state index is -4.47. The van der Waals surface area contributed by atoms with Gasteiger partial charge in [0.2, 0.25) is 0 Å². The van der Waals surface area contributed by atoms with E-state index in [0.29, 0.717) is 12.4 Å². The van der Waals surface area contributed by atoms with Crippen molar-refractivity contribution in [3.8, 4) is 0 Å². The predicted octanol–water partition coefficient (Wildman–Crippen LogP) is 4.36. The fourth-order valence-corrected chi connectivity index (χ4v) is 2.30. The van der Waals surface area contributed by atoms with Crippen LogP contribution in [0.3, 0.4) is 0 Å². The Bertz CT molecular complexity index is 912. The number of benzene rings is 1. The molecule has 0 aliphatic rings. The molecule has 0 saturated carbocycles. The van der Waals surface area contributed by atoms with E-state index >= 15 is 0 Å². The molecule has 27 heavy (non-hydrogen) atoms. The van der Waals surface area contributed by atoms with Crippen molar-refractivity contribution in [3.05, 3.63) is 83.8 Å². The molecule has 0 spiro atoms. The van der Waals surface area contributed by atoms with E-state index in [9.17, 15) is 18.0 Å². The topological polar surface area (TPSA) is 66.9 Å². The number of aromatic nitrogens is 2. The molecule has 0 saturated heterocycles. The molecular formula is C19H15F3N4O. The Kier molecular flexibility index (Phi) is 5.35. The van der Waals surface area contributed by atoms with E-state index in [0.717, 1.165) is 17.7 Å². The molecule has 0 atom stereocenters. The molecule has 2 aromatic heterocycles. The molecule has 1 aromatic carbocycles. The number of halogens is 3. The van der Waals surface area contributed by atoms with E-state index < -0.39 is 17.6 Å². The smallest absolute Gasteiger partial charge is 0.366 e. The van der Waals surface area contributed by atoms with Crippen molar-refractivity contribution < 1.29 is 18.0 Å². The Morgan fingerprint density at radius 3 is 2.56 bits per heavy atom. The molecule has 8 heteroatoms. The fourth-order valence-electron chi connectivity index (χ4n) is 2.30. The average molecular weight is 372 g/mol. The third-order valence-electron chi connectivity index (χ3n) is 3.67. The Balaban J connectivity index is 1.62. The lowest BCUT2D eigenvalue weighted by atomic mass is 10.2. The summed E-state index contributed by atoms with van der Waals surface area (Å²) >= 11 is 0. The molecule has 3 aromatic rings. The summed E-state index contributed by atoms with van der Waals surface area (Å²) < 4.78 is 38.2. The van der Waals surface area contributed by atoms with Crippen molar-refractivity contribution >= 4 is 17.4 Å². The van der Waals surface area contributed by atoms with Crippen LogP contribution in [-0.4, -0.2) is 15.9 Å². The molecular weight excluding hydrogens is 357 g/mol. The third-order valence-corrected chi connectivity index (χ3v) is 3.67. The number of amides is 1. The third kappa shape index (κ3) is 5.04. The number of carbonyl (C=O) groups is 1. The van der Waals surface area contributed by atoms with Crippen molar-refractivity contribution in [2.75, 3.05) is 10.6 Å². The summed E-state index contributed by atoms with van der Waals surface area (Å²) in [7, 11) is 0. The predicted molar refractivity (Wildman–Crippen MR) is 95.2 cm³/mol. The van der Waals surface area contributed by atoms with E-state index in [-0.39, 0.29) is 11.3 Å². The average Bonchev–Trinajstić information content (AvgIpc) is 2.67. The van der Waals surface area contributed by atoms with Gasteiger partial charge in [-0.25, -0.2) is 4.98 Å². The van der Waals surface area contributed by atoms with Crippen molar-refractivity contribution in [2.45, 2.75) is 12.7 Å². The van der Waals surface area contributed by atoms with Gasteiger partial charge in [0.05, 0.1) is 11.1 Å². The number of alkyl halides is 3. The number of pyridine rings is 2. The highest BCUT2D eigenvalue weighted by Crippen LogP contribution is 2.30. The van der Waals surface area contributed by atoms with Crippen LogP contribution in [0.4, 0.5) is 24.7 Å². The molecule has 0 unspecified atom stereocenters. The molecule has 2 heterocycles. The maximum Gasteiger partial charge on any atom is 0.416 e.